The summed E-state index contributed by atoms with van der Waals surface area (Å²) in [7, 11) is 7.35. The fourth-order valence-electron chi connectivity index (χ4n) is 10.3. The van der Waals surface area contributed by atoms with Crippen molar-refractivity contribution in [3.63, 3.8) is 0 Å². The lowest BCUT2D eigenvalue weighted by atomic mass is 9.70. The summed E-state index contributed by atoms with van der Waals surface area (Å²) >= 11 is 0. The number of hydrogen-bond donors (Lipinski definition) is 2. The van der Waals surface area contributed by atoms with Crippen LogP contribution in [0.4, 0.5) is 0 Å². The van der Waals surface area contributed by atoms with Crippen molar-refractivity contribution >= 4 is 11.8 Å². The third-order valence-electron chi connectivity index (χ3n) is 14.2. The lowest BCUT2D eigenvalue weighted by molar-refractivity contribution is -0.134. The van der Waals surface area contributed by atoms with Crippen LogP contribution in [0.15, 0.2) is 182 Å². The first-order valence-electron chi connectivity index (χ1n) is 25.6. The Morgan fingerprint density at radius 2 is 0.629 bits per heavy atom. The van der Waals surface area contributed by atoms with Gasteiger partial charge in [0.1, 0.15) is 10.8 Å². The van der Waals surface area contributed by atoms with E-state index in [0.29, 0.717) is 38.5 Å². The number of hydrogen-bond acceptors (Lipinski definition) is 6. The van der Waals surface area contributed by atoms with Crippen LogP contribution in [-0.2, 0) is 31.6 Å². The third-order valence-corrected chi connectivity index (χ3v) is 14.2. The SMILES string of the molecule is CC.CC.CN(C)C(=O)C(CCN1CCC(O)(c2ccccc2)CC1)(c1ccccc1)c1ccccc1.CN(C)C(=O)C(CCN1CCC(O)(c2ccccc2)CC1)(c1ccccc1)c1ccccc1. The van der Waals surface area contributed by atoms with E-state index in [4.69, 9.17) is 0 Å². The molecule has 6 aromatic rings. The van der Waals surface area contributed by atoms with Gasteiger partial charge < -0.3 is 29.8 Å². The van der Waals surface area contributed by atoms with E-state index in [1.165, 1.54) is 0 Å². The number of likely N-dealkylation sites (N-methyl/N-ethyl adjacent to an activating group) is 2. The van der Waals surface area contributed by atoms with Gasteiger partial charge in [0.25, 0.3) is 0 Å². The molecule has 2 heterocycles. The highest BCUT2D eigenvalue weighted by atomic mass is 16.3. The van der Waals surface area contributed by atoms with Crippen molar-refractivity contribution in [2.24, 2.45) is 0 Å². The number of nitrogens with zero attached hydrogens (tertiary/aromatic N) is 4. The second-order valence-electron chi connectivity index (χ2n) is 18.7. The molecule has 372 valence electrons. The molecule has 0 spiro atoms. The molecule has 8 rings (SSSR count). The summed E-state index contributed by atoms with van der Waals surface area (Å²) in [5.41, 5.74) is 3.03. The number of likely N-dealkylation sites (tertiary alicyclic amines) is 2. The summed E-state index contributed by atoms with van der Waals surface area (Å²) in [4.78, 5) is 35.8. The summed E-state index contributed by atoms with van der Waals surface area (Å²) in [6, 6.07) is 60.6. The van der Waals surface area contributed by atoms with Gasteiger partial charge in [-0.05, 0) is 85.0 Å². The standard InChI is InChI=1S/2C29H34N2O2.2C2H6/c2*1-30(2)27(32)29(25-14-8-4-9-15-25,26-16-10-5-11-17-26)20-23-31-21-18-28(33,19-22-31)24-12-6-3-7-13-24;2*1-2/h2*3-17,33H,18-23H2,1-2H3;2*1-2H3. The third kappa shape index (κ3) is 12.9. The molecule has 2 saturated heterocycles. The first-order chi connectivity index (χ1) is 33.9. The molecule has 2 aliphatic heterocycles. The predicted octanol–water partition coefficient (Wildman–Crippen LogP) is 10.9. The predicted molar refractivity (Wildman–Crippen MR) is 289 cm³/mol. The van der Waals surface area contributed by atoms with E-state index in [0.717, 1.165) is 72.6 Å². The van der Waals surface area contributed by atoms with E-state index < -0.39 is 22.0 Å². The van der Waals surface area contributed by atoms with Crippen LogP contribution in [0.1, 0.15) is 99.6 Å². The van der Waals surface area contributed by atoms with Crippen molar-refractivity contribution in [1.29, 1.82) is 0 Å². The molecule has 0 unspecified atom stereocenters. The summed E-state index contributed by atoms with van der Waals surface area (Å²) in [6.07, 6.45) is 4.15. The van der Waals surface area contributed by atoms with Crippen molar-refractivity contribution in [3.8, 4) is 0 Å². The minimum absolute atomic E-state index is 0.0951. The molecule has 6 aromatic carbocycles. The van der Waals surface area contributed by atoms with E-state index in [1.54, 1.807) is 9.80 Å². The molecular weight excluding hydrogens is 865 g/mol. The molecule has 2 aliphatic rings. The van der Waals surface area contributed by atoms with Gasteiger partial charge in [-0.2, -0.15) is 0 Å². The van der Waals surface area contributed by atoms with Gasteiger partial charge in [-0.3, -0.25) is 9.59 Å². The zero-order valence-electron chi connectivity index (χ0n) is 43.3. The number of amides is 2. The zero-order chi connectivity index (χ0) is 50.6. The van der Waals surface area contributed by atoms with Gasteiger partial charge in [0.15, 0.2) is 0 Å². The number of benzene rings is 6. The number of rotatable bonds is 14. The number of piperidine rings is 2. The molecule has 70 heavy (non-hydrogen) atoms. The highest BCUT2D eigenvalue weighted by molar-refractivity contribution is 5.92. The van der Waals surface area contributed by atoms with Crippen molar-refractivity contribution in [2.45, 2.75) is 88.3 Å². The Kier molecular flexibility index (Phi) is 20.7. The van der Waals surface area contributed by atoms with E-state index in [2.05, 4.69) is 58.3 Å². The number of carbonyl (C=O) groups is 2. The molecular formula is C62H80N4O4. The van der Waals surface area contributed by atoms with Crippen molar-refractivity contribution < 1.29 is 19.8 Å². The lowest BCUT2D eigenvalue weighted by Gasteiger charge is -2.41. The second kappa shape index (κ2) is 26.3. The maximum Gasteiger partial charge on any atom is 0.237 e. The quantitative estimate of drug-likeness (QED) is 0.113. The molecule has 0 aromatic heterocycles. The Labute approximate surface area is 420 Å². The monoisotopic (exact) mass is 945 g/mol. The average molecular weight is 945 g/mol. The molecule has 2 fully saturated rings. The summed E-state index contributed by atoms with van der Waals surface area (Å²) < 4.78 is 0. The fourth-order valence-corrected chi connectivity index (χ4v) is 10.3. The van der Waals surface area contributed by atoms with Gasteiger partial charge >= 0.3 is 0 Å². The molecule has 0 aliphatic carbocycles. The Morgan fingerprint density at radius 1 is 0.414 bits per heavy atom. The van der Waals surface area contributed by atoms with Gasteiger partial charge in [-0.25, -0.2) is 0 Å². The van der Waals surface area contributed by atoms with Crippen LogP contribution in [0.5, 0.6) is 0 Å². The van der Waals surface area contributed by atoms with Crippen LogP contribution in [0, 0.1) is 0 Å². The normalized spacial score (nSPS) is 15.6. The van der Waals surface area contributed by atoms with Crippen LogP contribution in [0.2, 0.25) is 0 Å². The molecule has 2 N–H and O–H groups in total. The molecule has 8 heteroatoms. The largest absolute Gasteiger partial charge is 0.385 e. The van der Waals surface area contributed by atoms with Crippen LogP contribution < -0.4 is 0 Å². The van der Waals surface area contributed by atoms with E-state index in [1.807, 2.05) is 189 Å². The van der Waals surface area contributed by atoms with Crippen LogP contribution in [-0.4, -0.2) is 109 Å². The van der Waals surface area contributed by atoms with Crippen molar-refractivity contribution in [2.75, 3.05) is 67.5 Å². The Balaban J connectivity index is 0.000000244. The maximum atomic E-state index is 13.8. The summed E-state index contributed by atoms with van der Waals surface area (Å²) in [5.74, 6) is 0.190. The van der Waals surface area contributed by atoms with Crippen molar-refractivity contribution in [3.05, 3.63) is 215 Å². The van der Waals surface area contributed by atoms with Gasteiger partial charge in [0, 0.05) is 54.4 Å². The van der Waals surface area contributed by atoms with E-state index in [-0.39, 0.29) is 11.8 Å². The Bertz CT molecular complexity index is 2150. The topological polar surface area (TPSA) is 87.6 Å². The Hall–Kier alpha value is -5.90. The van der Waals surface area contributed by atoms with Gasteiger partial charge in [-0.1, -0.05) is 210 Å². The molecule has 0 saturated carbocycles. The Morgan fingerprint density at radius 3 is 0.843 bits per heavy atom. The molecule has 0 bridgehead atoms. The van der Waals surface area contributed by atoms with Gasteiger partial charge in [0.2, 0.25) is 11.8 Å². The molecule has 8 nitrogen and oxygen atoms in total. The van der Waals surface area contributed by atoms with E-state index >= 15 is 0 Å². The number of carbonyl (C=O) groups excluding carboxylic acids is 2. The van der Waals surface area contributed by atoms with Gasteiger partial charge in [-0.15, -0.1) is 0 Å². The van der Waals surface area contributed by atoms with Crippen LogP contribution >= 0.6 is 0 Å². The smallest absolute Gasteiger partial charge is 0.237 e. The minimum Gasteiger partial charge on any atom is -0.385 e. The van der Waals surface area contributed by atoms with Crippen LogP contribution in [0.3, 0.4) is 0 Å². The molecule has 0 radical (unpaired) electrons. The highest BCUT2D eigenvalue weighted by Crippen LogP contribution is 2.41. The zero-order valence-corrected chi connectivity index (χ0v) is 43.3. The highest BCUT2D eigenvalue weighted by Gasteiger charge is 2.45. The average Bonchev–Trinajstić information content (AvgIpc) is 3.43. The van der Waals surface area contributed by atoms with Crippen molar-refractivity contribution in [1.82, 2.24) is 19.6 Å². The van der Waals surface area contributed by atoms with Gasteiger partial charge in [0.05, 0.1) is 11.2 Å². The van der Waals surface area contributed by atoms with Crippen LogP contribution in [0.25, 0.3) is 0 Å². The second-order valence-corrected chi connectivity index (χ2v) is 18.7. The maximum absolute atomic E-state index is 13.8. The first-order valence-corrected chi connectivity index (χ1v) is 25.6. The molecule has 0 atom stereocenters. The number of aliphatic hydroxyl groups is 2. The fraction of sp³-hybridized carbons (Fsp3) is 0.387. The summed E-state index contributed by atoms with van der Waals surface area (Å²) in [6.45, 7) is 12.8. The first kappa shape index (κ1) is 55.0. The minimum atomic E-state index is -0.771. The summed E-state index contributed by atoms with van der Waals surface area (Å²) in [5, 5.41) is 22.4. The molecule has 2 amide bonds. The lowest BCUT2D eigenvalue weighted by Crippen LogP contribution is -2.48. The van der Waals surface area contributed by atoms with E-state index in [9.17, 15) is 19.8 Å².